The third kappa shape index (κ3) is 3.64. The molecule has 114 valence electrons. The Morgan fingerprint density at radius 1 is 1.33 bits per heavy atom. The van der Waals surface area contributed by atoms with Gasteiger partial charge >= 0.3 is 0 Å². The second kappa shape index (κ2) is 7.27. The summed E-state index contributed by atoms with van der Waals surface area (Å²) in [6.07, 6.45) is 5.54. The minimum Gasteiger partial charge on any atom is -0.361 e. The third-order valence-electron chi connectivity index (χ3n) is 3.90. The topological polar surface area (TPSA) is 70.9 Å². The molecule has 0 aliphatic heterocycles. The molecule has 1 aromatic carbocycles. The Morgan fingerprint density at radius 2 is 2.14 bits per heavy atom. The van der Waals surface area contributed by atoms with Crippen LogP contribution in [0.5, 0.6) is 0 Å². The molecule has 0 bridgehead atoms. The van der Waals surface area contributed by atoms with Crippen molar-refractivity contribution in [2.75, 3.05) is 6.54 Å². The first-order valence-corrected chi connectivity index (χ1v) is 7.78. The fourth-order valence-corrected chi connectivity index (χ4v) is 2.67. The zero-order valence-corrected chi connectivity index (χ0v) is 12.9. The normalized spacial score (nSPS) is 12.5. The molecular formula is C17H25N3O. The van der Waals surface area contributed by atoms with Crippen LogP contribution in [-0.2, 0) is 17.6 Å². The zero-order chi connectivity index (χ0) is 15.2. The first-order chi connectivity index (χ1) is 10.2. The average Bonchev–Trinajstić information content (AvgIpc) is 2.90. The number of hydrogen-bond acceptors (Lipinski definition) is 2. The Hall–Kier alpha value is -1.81. The molecule has 4 heteroatoms. The number of carbonyl (C=O) groups excluding carboxylic acids is 1. The lowest BCUT2D eigenvalue weighted by Gasteiger charge is -2.10. The summed E-state index contributed by atoms with van der Waals surface area (Å²) < 4.78 is 0. The summed E-state index contributed by atoms with van der Waals surface area (Å²) in [4.78, 5) is 15.1. The molecular weight excluding hydrogens is 262 g/mol. The van der Waals surface area contributed by atoms with Crippen LogP contribution in [0.15, 0.2) is 24.4 Å². The van der Waals surface area contributed by atoms with Crippen LogP contribution in [-0.4, -0.2) is 23.5 Å². The molecule has 1 heterocycles. The molecule has 2 aromatic rings. The van der Waals surface area contributed by atoms with E-state index < -0.39 is 0 Å². The molecule has 4 nitrogen and oxygen atoms in total. The maximum Gasteiger partial charge on any atom is 0.236 e. The van der Waals surface area contributed by atoms with Gasteiger partial charge in [-0.25, -0.2) is 0 Å². The highest BCUT2D eigenvalue weighted by atomic mass is 16.2. The monoisotopic (exact) mass is 287 g/mol. The molecule has 0 aliphatic rings. The summed E-state index contributed by atoms with van der Waals surface area (Å²) in [6, 6.07) is 5.98. The number of H-pyrrole nitrogens is 1. The van der Waals surface area contributed by atoms with Crippen LogP contribution in [0.3, 0.4) is 0 Å². The van der Waals surface area contributed by atoms with Crippen LogP contribution >= 0.6 is 0 Å². The lowest BCUT2D eigenvalue weighted by molar-refractivity contribution is -0.122. The van der Waals surface area contributed by atoms with Gasteiger partial charge in [-0.15, -0.1) is 0 Å². The minimum atomic E-state index is -0.385. The molecule has 1 amide bonds. The van der Waals surface area contributed by atoms with Crippen LogP contribution in [0.2, 0.25) is 0 Å². The highest BCUT2D eigenvalue weighted by Crippen LogP contribution is 2.22. The molecule has 4 N–H and O–H groups in total. The molecule has 0 saturated carbocycles. The summed E-state index contributed by atoms with van der Waals surface area (Å²) >= 11 is 0. The number of aromatic amines is 1. The van der Waals surface area contributed by atoms with Crippen molar-refractivity contribution in [3.05, 3.63) is 35.5 Å². The maximum atomic E-state index is 11.8. The molecule has 2 rings (SSSR count). The van der Waals surface area contributed by atoms with E-state index in [1.54, 1.807) is 0 Å². The lowest BCUT2D eigenvalue weighted by Crippen LogP contribution is -2.41. The van der Waals surface area contributed by atoms with Crippen molar-refractivity contribution in [1.82, 2.24) is 10.3 Å². The van der Waals surface area contributed by atoms with Crippen molar-refractivity contribution in [2.24, 2.45) is 5.73 Å². The Bertz CT molecular complexity index is 603. The summed E-state index contributed by atoms with van der Waals surface area (Å²) in [6.45, 7) is 4.81. The van der Waals surface area contributed by atoms with E-state index in [0.29, 0.717) is 6.54 Å². The van der Waals surface area contributed by atoms with Crippen LogP contribution in [0, 0.1) is 0 Å². The predicted molar refractivity (Wildman–Crippen MR) is 87.3 cm³/mol. The van der Waals surface area contributed by atoms with Gasteiger partial charge in [0.05, 0.1) is 6.04 Å². The van der Waals surface area contributed by atoms with Crippen LogP contribution in [0.1, 0.15) is 37.8 Å². The van der Waals surface area contributed by atoms with Crippen LogP contribution in [0.25, 0.3) is 10.9 Å². The number of benzene rings is 1. The molecule has 0 aliphatic carbocycles. The van der Waals surface area contributed by atoms with Crippen molar-refractivity contribution in [3.8, 4) is 0 Å². The summed E-state index contributed by atoms with van der Waals surface area (Å²) in [5, 5.41) is 4.17. The quantitative estimate of drug-likeness (QED) is 0.732. The maximum absolute atomic E-state index is 11.8. The van der Waals surface area contributed by atoms with E-state index in [-0.39, 0.29) is 11.9 Å². The van der Waals surface area contributed by atoms with Gasteiger partial charge in [0.15, 0.2) is 0 Å². The predicted octanol–water partition coefficient (Wildman–Crippen LogP) is 2.52. The van der Waals surface area contributed by atoms with E-state index in [1.165, 1.54) is 22.0 Å². The number of para-hydroxylation sites is 1. The van der Waals surface area contributed by atoms with E-state index in [9.17, 15) is 4.79 Å². The molecule has 1 atom stereocenters. The van der Waals surface area contributed by atoms with Crippen molar-refractivity contribution >= 4 is 16.8 Å². The molecule has 1 aromatic heterocycles. The van der Waals surface area contributed by atoms with Gasteiger partial charge in [0.2, 0.25) is 5.91 Å². The Morgan fingerprint density at radius 3 is 2.86 bits per heavy atom. The van der Waals surface area contributed by atoms with Gasteiger partial charge in [-0.1, -0.05) is 38.5 Å². The number of aryl methyl sites for hydroxylation is 1. The second-order valence-electron chi connectivity index (χ2n) is 5.44. The van der Waals surface area contributed by atoms with Crippen molar-refractivity contribution in [2.45, 2.75) is 45.6 Å². The van der Waals surface area contributed by atoms with Gasteiger partial charge in [-0.3, -0.25) is 4.79 Å². The number of amides is 1. The minimum absolute atomic E-state index is 0.0501. The fraction of sp³-hybridized carbons (Fsp3) is 0.471. The second-order valence-corrected chi connectivity index (χ2v) is 5.44. The van der Waals surface area contributed by atoms with Crippen molar-refractivity contribution in [3.63, 3.8) is 0 Å². The number of nitrogens with two attached hydrogens (primary N) is 1. The Balaban J connectivity index is 1.97. The highest BCUT2D eigenvalue weighted by Gasteiger charge is 2.12. The van der Waals surface area contributed by atoms with Gasteiger partial charge in [-0.2, -0.15) is 0 Å². The lowest BCUT2D eigenvalue weighted by atomic mass is 10.1. The average molecular weight is 287 g/mol. The number of carbonyl (C=O) groups is 1. The molecule has 21 heavy (non-hydrogen) atoms. The van der Waals surface area contributed by atoms with E-state index in [2.05, 4.69) is 35.4 Å². The number of rotatable bonds is 7. The molecule has 0 saturated heterocycles. The Labute approximate surface area is 126 Å². The van der Waals surface area contributed by atoms with Crippen molar-refractivity contribution in [1.29, 1.82) is 0 Å². The van der Waals surface area contributed by atoms with Gasteiger partial charge in [0.25, 0.3) is 0 Å². The first-order valence-electron chi connectivity index (χ1n) is 7.78. The first kappa shape index (κ1) is 15.6. The number of hydrogen-bond donors (Lipinski definition) is 3. The standard InChI is InChI=1S/C17H25N3O/c1-3-6-15(18)17(21)19-10-9-13-11-20-16-12(4-2)7-5-8-14(13)16/h5,7-8,11,15,20H,3-4,6,9-10,18H2,1-2H3,(H,19,21). The number of aromatic nitrogens is 1. The molecule has 1 unspecified atom stereocenters. The Kier molecular flexibility index (Phi) is 5.39. The van der Waals surface area contributed by atoms with Gasteiger partial charge in [0.1, 0.15) is 0 Å². The van der Waals surface area contributed by atoms with E-state index in [0.717, 1.165) is 25.7 Å². The fourth-order valence-electron chi connectivity index (χ4n) is 2.67. The molecule has 0 spiro atoms. The SMILES string of the molecule is CCCC(N)C(=O)NCCc1c[nH]c2c(CC)cccc12. The van der Waals surface area contributed by atoms with Crippen molar-refractivity contribution < 1.29 is 4.79 Å². The van der Waals surface area contributed by atoms with Gasteiger partial charge in [0, 0.05) is 23.6 Å². The number of nitrogens with one attached hydrogen (secondary N) is 2. The number of fused-ring (bicyclic) bond motifs is 1. The van der Waals surface area contributed by atoms with E-state index in [4.69, 9.17) is 5.73 Å². The summed E-state index contributed by atoms with van der Waals surface area (Å²) in [5.74, 6) is -0.0501. The third-order valence-corrected chi connectivity index (χ3v) is 3.90. The highest BCUT2D eigenvalue weighted by molar-refractivity contribution is 5.86. The van der Waals surface area contributed by atoms with E-state index in [1.807, 2.05) is 13.1 Å². The summed E-state index contributed by atoms with van der Waals surface area (Å²) in [7, 11) is 0. The summed E-state index contributed by atoms with van der Waals surface area (Å²) in [5.41, 5.74) is 9.58. The zero-order valence-electron chi connectivity index (χ0n) is 12.9. The largest absolute Gasteiger partial charge is 0.361 e. The van der Waals surface area contributed by atoms with Crippen LogP contribution < -0.4 is 11.1 Å². The molecule has 0 fully saturated rings. The molecule has 0 radical (unpaired) electrons. The smallest absolute Gasteiger partial charge is 0.236 e. The van der Waals surface area contributed by atoms with E-state index >= 15 is 0 Å². The van der Waals surface area contributed by atoms with Gasteiger partial charge in [-0.05, 0) is 30.4 Å². The van der Waals surface area contributed by atoms with Gasteiger partial charge < -0.3 is 16.0 Å². The van der Waals surface area contributed by atoms with Crippen LogP contribution in [0.4, 0.5) is 0 Å².